The molecule has 1 aliphatic heterocycles. The fourth-order valence-corrected chi connectivity index (χ4v) is 2.53. The fraction of sp³-hybridized carbons (Fsp3) is 0.500. The van der Waals surface area contributed by atoms with Gasteiger partial charge in [0.05, 0.1) is 11.9 Å². The molecule has 1 aliphatic carbocycles. The van der Waals surface area contributed by atoms with Gasteiger partial charge in [0.25, 0.3) is 0 Å². The molecule has 2 atom stereocenters. The quantitative estimate of drug-likeness (QED) is 0.739. The van der Waals surface area contributed by atoms with Crippen LogP contribution in [-0.2, 0) is 0 Å². The third-order valence-electron chi connectivity index (χ3n) is 3.63. The third-order valence-corrected chi connectivity index (χ3v) is 3.63. The lowest BCUT2D eigenvalue weighted by Gasteiger charge is -2.10. The molecule has 0 bridgehead atoms. The van der Waals surface area contributed by atoms with Crippen LogP contribution in [0.3, 0.4) is 0 Å². The SMILES string of the molecule is CN1CCCC1=N[C@@H]1C[C@H]1c1ccccc1. The highest BCUT2D eigenvalue weighted by Crippen LogP contribution is 2.43. The Morgan fingerprint density at radius 3 is 2.75 bits per heavy atom. The second-order valence-corrected chi connectivity index (χ2v) is 4.89. The summed E-state index contributed by atoms with van der Waals surface area (Å²) in [5, 5.41) is 0. The summed E-state index contributed by atoms with van der Waals surface area (Å²) in [6.07, 6.45) is 3.69. The largest absolute Gasteiger partial charge is 0.363 e. The number of hydrogen-bond donors (Lipinski definition) is 0. The van der Waals surface area contributed by atoms with E-state index in [4.69, 9.17) is 4.99 Å². The van der Waals surface area contributed by atoms with E-state index in [9.17, 15) is 0 Å². The van der Waals surface area contributed by atoms with Crippen molar-refractivity contribution in [3.63, 3.8) is 0 Å². The molecule has 0 spiro atoms. The van der Waals surface area contributed by atoms with Crippen molar-refractivity contribution in [2.45, 2.75) is 31.2 Å². The van der Waals surface area contributed by atoms with Crippen LogP contribution >= 0.6 is 0 Å². The van der Waals surface area contributed by atoms with Gasteiger partial charge in [0.15, 0.2) is 0 Å². The summed E-state index contributed by atoms with van der Waals surface area (Å²) in [5.74, 6) is 2.01. The van der Waals surface area contributed by atoms with E-state index in [1.165, 1.54) is 37.2 Å². The minimum atomic E-state index is 0.554. The van der Waals surface area contributed by atoms with Crippen molar-refractivity contribution in [2.75, 3.05) is 13.6 Å². The normalized spacial score (nSPS) is 31.1. The number of hydrogen-bond acceptors (Lipinski definition) is 1. The van der Waals surface area contributed by atoms with E-state index < -0.39 is 0 Å². The van der Waals surface area contributed by atoms with Gasteiger partial charge in [0, 0.05) is 25.9 Å². The van der Waals surface area contributed by atoms with Crippen molar-refractivity contribution < 1.29 is 0 Å². The van der Waals surface area contributed by atoms with E-state index in [0.29, 0.717) is 12.0 Å². The summed E-state index contributed by atoms with van der Waals surface area (Å²) in [7, 11) is 2.16. The maximum atomic E-state index is 4.87. The first-order valence-corrected chi connectivity index (χ1v) is 6.17. The monoisotopic (exact) mass is 214 g/mol. The maximum absolute atomic E-state index is 4.87. The minimum Gasteiger partial charge on any atom is -0.363 e. The number of amidine groups is 1. The molecule has 0 N–H and O–H groups in total. The molecule has 2 fully saturated rings. The number of rotatable bonds is 2. The van der Waals surface area contributed by atoms with Crippen molar-refractivity contribution in [1.82, 2.24) is 4.90 Å². The first kappa shape index (κ1) is 9.88. The summed E-state index contributed by atoms with van der Waals surface area (Å²) in [6.45, 7) is 1.18. The molecule has 1 saturated carbocycles. The molecule has 2 aliphatic rings. The standard InChI is InChI=1S/C14H18N2/c1-16-9-5-8-14(16)15-13-10-12(13)11-6-3-2-4-7-11/h2-4,6-7,12-13H,5,8-10H2,1H3/t12-,13+/m0/s1. The lowest BCUT2D eigenvalue weighted by Crippen LogP contribution is -2.19. The zero-order valence-corrected chi connectivity index (χ0v) is 9.76. The average molecular weight is 214 g/mol. The fourth-order valence-electron chi connectivity index (χ4n) is 2.53. The zero-order valence-electron chi connectivity index (χ0n) is 9.76. The van der Waals surface area contributed by atoms with Gasteiger partial charge in [-0.05, 0) is 18.4 Å². The Bertz CT molecular complexity index is 396. The van der Waals surface area contributed by atoms with Gasteiger partial charge in [-0.3, -0.25) is 4.99 Å². The van der Waals surface area contributed by atoms with Crippen molar-refractivity contribution in [1.29, 1.82) is 0 Å². The summed E-state index contributed by atoms with van der Waals surface area (Å²) >= 11 is 0. The summed E-state index contributed by atoms with van der Waals surface area (Å²) in [6, 6.07) is 11.3. The van der Waals surface area contributed by atoms with E-state index >= 15 is 0 Å². The van der Waals surface area contributed by atoms with Crippen LogP contribution in [0.5, 0.6) is 0 Å². The van der Waals surface area contributed by atoms with Gasteiger partial charge in [0.2, 0.25) is 0 Å². The zero-order chi connectivity index (χ0) is 11.0. The van der Waals surface area contributed by atoms with E-state index in [1.54, 1.807) is 0 Å². The smallest absolute Gasteiger partial charge is 0.0990 e. The Morgan fingerprint density at radius 2 is 2.06 bits per heavy atom. The van der Waals surface area contributed by atoms with Gasteiger partial charge in [-0.2, -0.15) is 0 Å². The topological polar surface area (TPSA) is 15.6 Å². The Labute approximate surface area is 97.0 Å². The average Bonchev–Trinajstić information content (AvgIpc) is 2.97. The van der Waals surface area contributed by atoms with Gasteiger partial charge in [0.1, 0.15) is 0 Å². The van der Waals surface area contributed by atoms with Crippen LogP contribution in [0.2, 0.25) is 0 Å². The van der Waals surface area contributed by atoms with Gasteiger partial charge in [-0.15, -0.1) is 0 Å². The van der Waals surface area contributed by atoms with E-state index in [0.717, 1.165) is 0 Å². The van der Waals surface area contributed by atoms with Crippen LogP contribution < -0.4 is 0 Å². The van der Waals surface area contributed by atoms with Crippen molar-refractivity contribution >= 4 is 5.84 Å². The molecule has 0 unspecified atom stereocenters. The molecule has 1 aromatic carbocycles. The first-order valence-electron chi connectivity index (χ1n) is 6.17. The Morgan fingerprint density at radius 1 is 1.25 bits per heavy atom. The number of benzene rings is 1. The van der Waals surface area contributed by atoms with E-state index in [1.807, 2.05) is 0 Å². The third kappa shape index (κ3) is 1.84. The second kappa shape index (κ2) is 3.93. The van der Waals surface area contributed by atoms with E-state index in [2.05, 4.69) is 42.3 Å². The highest BCUT2D eigenvalue weighted by Gasteiger charge is 2.38. The maximum Gasteiger partial charge on any atom is 0.0990 e. The molecule has 0 amide bonds. The minimum absolute atomic E-state index is 0.554. The molecule has 16 heavy (non-hydrogen) atoms. The Hall–Kier alpha value is -1.31. The molecule has 1 saturated heterocycles. The van der Waals surface area contributed by atoms with Crippen LogP contribution in [0.15, 0.2) is 35.3 Å². The molecule has 1 heterocycles. The molecule has 2 heteroatoms. The van der Waals surface area contributed by atoms with Gasteiger partial charge in [-0.25, -0.2) is 0 Å². The summed E-state index contributed by atoms with van der Waals surface area (Å²) in [4.78, 5) is 7.17. The Kier molecular flexibility index (Phi) is 2.43. The van der Waals surface area contributed by atoms with Gasteiger partial charge < -0.3 is 4.90 Å². The molecule has 1 aromatic rings. The molecule has 84 valence electrons. The summed E-state index contributed by atoms with van der Waals surface area (Å²) in [5.41, 5.74) is 1.46. The van der Waals surface area contributed by atoms with Crippen molar-refractivity contribution in [3.8, 4) is 0 Å². The van der Waals surface area contributed by atoms with Crippen LogP contribution in [0.1, 0.15) is 30.7 Å². The first-order chi connectivity index (χ1) is 7.84. The number of nitrogens with zero attached hydrogens (tertiary/aromatic N) is 2. The molecular formula is C14H18N2. The predicted molar refractivity (Wildman–Crippen MR) is 66.9 cm³/mol. The van der Waals surface area contributed by atoms with Crippen molar-refractivity contribution in [3.05, 3.63) is 35.9 Å². The Balaban J connectivity index is 1.68. The highest BCUT2D eigenvalue weighted by atomic mass is 15.2. The predicted octanol–water partition coefficient (Wildman–Crippen LogP) is 2.67. The van der Waals surface area contributed by atoms with Crippen LogP contribution in [0.4, 0.5) is 0 Å². The lowest BCUT2D eigenvalue weighted by atomic mass is 10.1. The van der Waals surface area contributed by atoms with Crippen molar-refractivity contribution in [2.24, 2.45) is 4.99 Å². The van der Waals surface area contributed by atoms with Crippen LogP contribution in [-0.4, -0.2) is 30.4 Å². The molecule has 2 nitrogen and oxygen atoms in total. The molecule has 3 rings (SSSR count). The van der Waals surface area contributed by atoms with Crippen LogP contribution in [0.25, 0.3) is 0 Å². The van der Waals surface area contributed by atoms with Gasteiger partial charge in [-0.1, -0.05) is 30.3 Å². The number of aliphatic imine (C=N–C) groups is 1. The van der Waals surface area contributed by atoms with E-state index in [-0.39, 0.29) is 0 Å². The van der Waals surface area contributed by atoms with Crippen LogP contribution in [0, 0.1) is 0 Å². The molecule has 0 radical (unpaired) electrons. The molecule has 0 aromatic heterocycles. The van der Waals surface area contributed by atoms with Gasteiger partial charge >= 0.3 is 0 Å². The summed E-state index contributed by atoms with van der Waals surface area (Å²) < 4.78 is 0. The lowest BCUT2D eigenvalue weighted by molar-refractivity contribution is 0.547. The molecular weight excluding hydrogens is 196 g/mol. The second-order valence-electron chi connectivity index (χ2n) is 4.89. The highest BCUT2D eigenvalue weighted by molar-refractivity contribution is 5.84. The number of likely N-dealkylation sites (tertiary alicyclic amines) is 1.